The van der Waals surface area contributed by atoms with Crippen molar-refractivity contribution in [2.45, 2.75) is 56.8 Å². The van der Waals surface area contributed by atoms with Gasteiger partial charge in [-0.05, 0) is 54.3 Å². The molecule has 198 valence electrons. The molecule has 0 radical (unpaired) electrons. The van der Waals surface area contributed by atoms with Crippen molar-refractivity contribution in [2.24, 2.45) is 0 Å². The average Bonchev–Trinajstić information content (AvgIpc) is 2.97. The third-order valence-corrected chi connectivity index (χ3v) is 7.06. The maximum Gasteiger partial charge on any atom is 0.268 e. The van der Waals surface area contributed by atoms with Crippen LogP contribution in [0.1, 0.15) is 49.3 Å². The van der Waals surface area contributed by atoms with Gasteiger partial charge in [-0.15, -0.1) is 0 Å². The number of nitrogens with one attached hydrogen (secondary N) is 1. The zero-order valence-electron chi connectivity index (χ0n) is 21.5. The maximum atomic E-state index is 14.2. The van der Waals surface area contributed by atoms with Crippen molar-refractivity contribution in [3.8, 4) is 17.2 Å². The third-order valence-electron chi connectivity index (χ3n) is 7.06. The number of carbonyl (C=O) groups is 2. The summed E-state index contributed by atoms with van der Waals surface area (Å²) < 4.78 is 17.4. The molecule has 38 heavy (non-hydrogen) atoms. The van der Waals surface area contributed by atoms with Crippen LogP contribution in [0.25, 0.3) is 0 Å². The van der Waals surface area contributed by atoms with Gasteiger partial charge in [0.1, 0.15) is 18.4 Å². The quantitative estimate of drug-likeness (QED) is 0.477. The number of nitrogens with zero attached hydrogens (tertiary/aromatic N) is 2. The van der Waals surface area contributed by atoms with Gasteiger partial charge in [-0.1, -0.05) is 49.6 Å². The number of fused-ring (bicyclic) bond motifs is 1. The zero-order valence-corrected chi connectivity index (χ0v) is 21.5. The number of methoxy groups -OCH3 is 1. The van der Waals surface area contributed by atoms with Gasteiger partial charge in [0.05, 0.1) is 7.11 Å². The van der Waals surface area contributed by atoms with E-state index in [1.807, 2.05) is 48.5 Å². The van der Waals surface area contributed by atoms with E-state index in [9.17, 15) is 9.59 Å². The molecule has 1 N–H and O–H groups in total. The van der Waals surface area contributed by atoms with E-state index in [1.165, 1.54) is 6.42 Å². The molecule has 8 heteroatoms. The predicted octanol–water partition coefficient (Wildman–Crippen LogP) is 4.45. The van der Waals surface area contributed by atoms with Crippen LogP contribution in [0.3, 0.4) is 0 Å². The fourth-order valence-corrected chi connectivity index (χ4v) is 5.12. The molecule has 1 aliphatic carbocycles. The fraction of sp³-hybridized carbons (Fsp3) is 0.367. The second-order valence-electron chi connectivity index (χ2n) is 9.71. The number of hydrogen-bond acceptors (Lipinski definition) is 6. The molecule has 1 saturated carbocycles. The molecule has 8 nitrogen and oxygen atoms in total. The van der Waals surface area contributed by atoms with E-state index >= 15 is 0 Å². The molecular formula is C30H33N3O5. The van der Waals surface area contributed by atoms with Gasteiger partial charge in [0.2, 0.25) is 12.0 Å². The first-order valence-corrected chi connectivity index (χ1v) is 13.1. The van der Waals surface area contributed by atoms with E-state index in [1.54, 1.807) is 36.5 Å². The predicted molar refractivity (Wildman–Crippen MR) is 142 cm³/mol. The van der Waals surface area contributed by atoms with Gasteiger partial charge >= 0.3 is 0 Å². The standard InChI is InChI=1S/C30H33N3O5/c1-36-24-13-7-10-22(17-24)28(29(34)32-23-11-3-2-4-12-23)33(19-21-9-8-16-31-18-21)30(35)27-20-37-25-14-5-6-15-26(25)38-27/h5-10,13-18,23,27-28H,2-4,11-12,19-20H2,1H3,(H,32,34)/t27-,28-/m1/s1. The Balaban J connectivity index is 1.51. The first-order valence-electron chi connectivity index (χ1n) is 13.1. The number of rotatable bonds is 8. The SMILES string of the molecule is COc1cccc([C@H](C(=O)NC2CCCCC2)N(Cc2cccnc2)C(=O)[C@H]2COc3ccccc3O2)c1. The molecule has 1 aromatic heterocycles. The number of carbonyl (C=O) groups excluding carboxylic acids is 2. The number of hydrogen-bond donors (Lipinski definition) is 1. The molecule has 3 aromatic rings. The van der Waals surface area contributed by atoms with Crippen LogP contribution >= 0.6 is 0 Å². The van der Waals surface area contributed by atoms with Crippen LogP contribution in [0.15, 0.2) is 73.1 Å². The Morgan fingerprint density at radius 1 is 1.05 bits per heavy atom. The fourth-order valence-electron chi connectivity index (χ4n) is 5.12. The molecule has 2 atom stereocenters. The molecule has 0 unspecified atom stereocenters. The summed E-state index contributed by atoms with van der Waals surface area (Å²) in [5.41, 5.74) is 1.46. The van der Waals surface area contributed by atoms with Crippen LogP contribution in [-0.4, -0.2) is 47.6 Å². The van der Waals surface area contributed by atoms with Gasteiger partial charge in [0.15, 0.2) is 11.5 Å². The molecule has 1 fully saturated rings. The highest BCUT2D eigenvalue weighted by atomic mass is 16.6. The normalized spacial score (nSPS) is 17.8. The lowest BCUT2D eigenvalue weighted by Crippen LogP contribution is -2.52. The Morgan fingerprint density at radius 2 is 1.87 bits per heavy atom. The molecule has 0 saturated heterocycles. The Morgan fingerprint density at radius 3 is 2.63 bits per heavy atom. The number of amides is 2. The van der Waals surface area contributed by atoms with Crippen molar-refractivity contribution < 1.29 is 23.8 Å². The van der Waals surface area contributed by atoms with Crippen LogP contribution < -0.4 is 19.5 Å². The molecule has 5 rings (SSSR count). The van der Waals surface area contributed by atoms with Gasteiger partial charge < -0.3 is 24.4 Å². The highest BCUT2D eigenvalue weighted by Gasteiger charge is 2.39. The largest absolute Gasteiger partial charge is 0.497 e. The monoisotopic (exact) mass is 515 g/mol. The van der Waals surface area contributed by atoms with Crippen LogP contribution in [0.2, 0.25) is 0 Å². The number of ether oxygens (including phenoxy) is 3. The minimum Gasteiger partial charge on any atom is -0.497 e. The van der Waals surface area contributed by atoms with Crippen molar-refractivity contribution in [1.29, 1.82) is 0 Å². The molecule has 2 aliphatic rings. The molecule has 2 amide bonds. The van der Waals surface area contributed by atoms with Gasteiger partial charge in [0, 0.05) is 25.0 Å². The van der Waals surface area contributed by atoms with Crippen LogP contribution in [0, 0.1) is 0 Å². The van der Waals surface area contributed by atoms with Crippen molar-refractivity contribution in [2.75, 3.05) is 13.7 Å². The summed E-state index contributed by atoms with van der Waals surface area (Å²) in [5, 5.41) is 3.23. The van der Waals surface area contributed by atoms with Crippen LogP contribution in [0.4, 0.5) is 0 Å². The molecule has 0 bridgehead atoms. The van der Waals surface area contributed by atoms with Gasteiger partial charge in [-0.2, -0.15) is 0 Å². The minimum absolute atomic E-state index is 0.0501. The average molecular weight is 516 g/mol. The molecule has 2 heterocycles. The van der Waals surface area contributed by atoms with Crippen LogP contribution in [0.5, 0.6) is 17.2 Å². The molecule has 1 aliphatic heterocycles. The summed E-state index contributed by atoms with van der Waals surface area (Å²) in [7, 11) is 1.58. The summed E-state index contributed by atoms with van der Waals surface area (Å²) in [6.07, 6.45) is 7.69. The lowest BCUT2D eigenvalue weighted by atomic mass is 9.94. The van der Waals surface area contributed by atoms with E-state index in [4.69, 9.17) is 14.2 Å². The lowest BCUT2D eigenvalue weighted by Gasteiger charge is -2.36. The Kier molecular flexibility index (Phi) is 8.06. The number of para-hydroxylation sites is 2. The molecular weight excluding hydrogens is 482 g/mol. The first-order chi connectivity index (χ1) is 18.6. The summed E-state index contributed by atoms with van der Waals surface area (Å²) >= 11 is 0. The van der Waals surface area contributed by atoms with E-state index in [2.05, 4.69) is 10.3 Å². The first kappa shape index (κ1) is 25.6. The van der Waals surface area contributed by atoms with Crippen molar-refractivity contribution >= 4 is 11.8 Å². The van der Waals surface area contributed by atoms with E-state index in [0.717, 1.165) is 31.2 Å². The zero-order chi connectivity index (χ0) is 26.3. The van der Waals surface area contributed by atoms with Crippen molar-refractivity contribution in [3.05, 3.63) is 84.2 Å². The Labute approximate surface area is 222 Å². The van der Waals surface area contributed by atoms with Gasteiger partial charge in [-0.3, -0.25) is 14.6 Å². The highest BCUT2D eigenvalue weighted by molar-refractivity contribution is 5.91. The topological polar surface area (TPSA) is 90.0 Å². The van der Waals surface area contributed by atoms with Gasteiger partial charge in [0.25, 0.3) is 5.91 Å². The van der Waals surface area contributed by atoms with Crippen molar-refractivity contribution in [3.63, 3.8) is 0 Å². The summed E-state index contributed by atoms with van der Waals surface area (Å²) in [6.45, 7) is 0.225. The second kappa shape index (κ2) is 12.0. The number of benzene rings is 2. The number of aromatic nitrogens is 1. The Bertz CT molecular complexity index is 1250. The number of pyridine rings is 1. The summed E-state index contributed by atoms with van der Waals surface area (Å²) in [5.74, 6) is 1.14. The molecule has 2 aromatic carbocycles. The van der Waals surface area contributed by atoms with E-state index in [0.29, 0.717) is 22.8 Å². The van der Waals surface area contributed by atoms with Crippen LogP contribution in [-0.2, 0) is 16.1 Å². The summed E-state index contributed by atoms with van der Waals surface area (Å²) in [4.78, 5) is 34.0. The maximum absolute atomic E-state index is 14.2. The second-order valence-corrected chi connectivity index (χ2v) is 9.71. The van der Waals surface area contributed by atoms with E-state index in [-0.39, 0.29) is 31.0 Å². The lowest BCUT2D eigenvalue weighted by molar-refractivity contribution is -0.149. The highest BCUT2D eigenvalue weighted by Crippen LogP contribution is 2.34. The molecule has 0 spiro atoms. The summed E-state index contributed by atoms with van der Waals surface area (Å²) in [6, 6.07) is 17.5. The van der Waals surface area contributed by atoms with E-state index < -0.39 is 12.1 Å². The van der Waals surface area contributed by atoms with Gasteiger partial charge in [-0.25, -0.2) is 0 Å². The minimum atomic E-state index is -0.905. The third kappa shape index (κ3) is 5.90. The Hall–Kier alpha value is -4.07. The van der Waals surface area contributed by atoms with Crippen molar-refractivity contribution in [1.82, 2.24) is 15.2 Å². The smallest absolute Gasteiger partial charge is 0.268 e.